The lowest BCUT2D eigenvalue weighted by molar-refractivity contribution is 0.318. The molecule has 2 aromatic rings. The van der Waals surface area contributed by atoms with Crippen LogP contribution in [0.5, 0.6) is 11.5 Å². The Morgan fingerprint density at radius 2 is 1.62 bits per heavy atom. The molecule has 0 amide bonds. The summed E-state index contributed by atoms with van der Waals surface area (Å²) in [6.45, 7) is 5.94. The largest absolute Gasteiger partial charge is 0.457 e. The highest BCUT2D eigenvalue weighted by Gasteiger charge is 2.08. The molecule has 5 heteroatoms. The molecule has 0 aromatic heterocycles. The second-order valence-electron chi connectivity index (χ2n) is 4.94. The van der Waals surface area contributed by atoms with Gasteiger partial charge in [0.2, 0.25) is 0 Å². The van der Waals surface area contributed by atoms with Crippen LogP contribution in [0.4, 0.5) is 0 Å². The van der Waals surface area contributed by atoms with Crippen molar-refractivity contribution in [2.75, 3.05) is 0 Å². The van der Waals surface area contributed by atoms with Crippen LogP contribution < -0.4 is 10.5 Å². The third-order valence-electron chi connectivity index (χ3n) is 3.23. The van der Waals surface area contributed by atoms with Gasteiger partial charge in [-0.15, -0.1) is 0 Å². The molecule has 0 aliphatic rings. The van der Waals surface area contributed by atoms with Crippen molar-refractivity contribution in [3.05, 3.63) is 57.1 Å². The Labute approximate surface area is 132 Å². The Balaban J connectivity index is 2.31. The van der Waals surface area contributed by atoms with Gasteiger partial charge in [-0.1, -0.05) is 21.1 Å². The zero-order chi connectivity index (χ0) is 15.6. The molecule has 0 heterocycles. The van der Waals surface area contributed by atoms with Gasteiger partial charge in [-0.05, 0) is 67.8 Å². The molecule has 4 nitrogen and oxygen atoms in total. The number of benzene rings is 2. The molecule has 0 aliphatic heterocycles. The maximum atomic E-state index is 8.73. The number of halogens is 1. The molecule has 0 unspecified atom stereocenters. The summed E-state index contributed by atoms with van der Waals surface area (Å²) in [5.41, 5.74) is 9.42. The third kappa shape index (κ3) is 3.36. The van der Waals surface area contributed by atoms with E-state index in [0.717, 1.165) is 26.9 Å². The van der Waals surface area contributed by atoms with E-state index in [4.69, 9.17) is 15.7 Å². The number of ether oxygens (including phenoxy) is 1. The van der Waals surface area contributed by atoms with Gasteiger partial charge in [0.15, 0.2) is 5.84 Å². The van der Waals surface area contributed by atoms with E-state index >= 15 is 0 Å². The molecule has 2 rings (SSSR count). The maximum Gasteiger partial charge on any atom is 0.170 e. The van der Waals surface area contributed by atoms with E-state index in [1.807, 2.05) is 39.0 Å². The van der Waals surface area contributed by atoms with Crippen molar-refractivity contribution in [2.45, 2.75) is 20.8 Å². The van der Waals surface area contributed by atoms with Gasteiger partial charge < -0.3 is 15.7 Å². The van der Waals surface area contributed by atoms with Crippen LogP contribution in [-0.2, 0) is 0 Å². The molecule has 0 saturated heterocycles. The van der Waals surface area contributed by atoms with Crippen molar-refractivity contribution in [3.8, 4) is 11.5 Å². The van der Waals surface area contributed by atoms with E-state index in [1.165, 1.54) is 0 Å². The van der Waals surface area contributed by atoms with Crippen LogP contribution in [0.2, 0.25) is 0 Å². The fourth-order valence-corrected chi connectivity index (χ4v) is 2.37. The van der Waals surface area contributed by atoms with Gasteiger partial charge in [0.25, 0.3) is 0 Å². The van der Waals surface area contributed by atoms with E-state index in [2.05, 4.69) is 21.1 Å². The quantitative estimate of drug-likeness (QED) is 0.377. The third-order valence-corrected chi connectivity index (χ3v) is 4.48. The Hall–Kier alpha value is -2.01. The lowest BCUT2D eigenvalue weighted by atomic mass is 10.1. The van der Waals surface area contributed by atoms with Gasteiger partial charge in [0.05, 0.1) is 0 Å². The molecule has 0 spiro atoms. The number of aryl methyl sites for hydroxylation is 3. The van der Waals surface area contributed by atoms with Crippen molar-refractivity contribution in [1.82, 2.24) is 0 Å². The highest BCUT2D eigenvalue weighted by molar-refractivity contribution is 9.10. The normalized spacial score (nSPS) is 11.5. The summed E-state index contributed by atoms with van der Waals surface area (Å²) < 4.78 is 6.97. The maximum absolute atomic E-state index is 8.73. The summed E-state index contributed by atoms with van der Waals surface area (Å²) in [6, 6.07) is 9.39. The standard InChI is InChI=1S/C16H17BrN2O2/c1-9-6-12(4-5-14(9)16(18)19-20)21-13-7-10(2)15(17)11(3)8-13/h4-8,20H,1-3H3,(H2,18,19). The summed E-state index contributed by atoms with van der Waals surface area (Å²) in [7, 11) is 0. The van der Waals surface area contributed by atoms with E-state index in [9.17, 15) is 0 Å². The average Bonchev–Trinajstić information content (AvgIpc) is 2.44. The molecule has 3 N–H and O–H groups in total. The summed E-state index contributed by atoms with van der Waals surface area (Å²) >= 11 is 3.54. The summed E-state index contributed by atoms with van der Waals surface area (Å²) in [6.07, 6.45) is 0. The molecule has 0 saturated carbocycles. The number of nitrogens with zero attached hydrogens (tertiary/aromatic N) is 1. The summed E-state index contributed by atoms with van der Waals surface area (Å²) in [4.78, 5) is 0. The topological polar surface area (TPSA) is 67.8 Å². The first kappa shape index (κ1) is 15.4. The molecule has 0 fully saturated rings. The van der Waals surface area contributed by atoms with Crippen LogP contribution in [-0.4, -0.2) is 11.0 Å². The number of amidine groups is 1. The molecule has 0 aliphatic carbocycles. The lowest BCUT2D eigenvalue weighted by Crippen LogP contribution is -2.14. The second kappa shape index (κ2) is 6.18. The highest BCUT2D eigenvalue weighted by atomic mass is 79.9. The van der Waals surface area contributed by atoms with Gasteiger partial charge >= 0.3 is 0 Å². The van der Waals surface area contributed by atoms with Gasteiger partial charge in [-0.3, -0.25) is 0 Å². The van der Waals surface area contributed by atoms with Crippen LogP contribution in [0.25, 0.3) is 0 Å². The number of hydrogen-bond donors (Lipinski definition) is 2. The predicted octanol–water partition coefficient (Wildman–Crippen LogP) is 4.26. The first-order chi connectivity index (χ1) is 9.92. The first-order valence-corrected chi connectivity index (χ1v) is 7.25. The minimum absolute atomic E-state index is 0.0920. The number of hydrogen-bond acceptors (Lipinski definition) is 3. The van der Waals surface area contributed by atoms with E-state index in [0.29, 0.717) is 11.3 Å². The Morgan fingerprint density at radius 3 is 2.14 bits per heavy atom. The smallest absolute Gasteiger partial charge is 0.170 e. The zero-order valence-electron chi connectivity index (χ0n) is 12.1. The zero-order valence-corrected chi connectivity index (χ0v) is 13.7. The Kier molecular flexibility index (Phi) is 4.53. The predicted molar refractivity (Wildman–Crippen MR) is 87.4 cm³/mol. The number of rotatable bonds is 3. The molecule has 0 atom stereocenters. The van der Waals surface area contributed by atoms with Crippen LogP contribution in [0.3, 0.4) is 0 Å². The number of nitrogens with two attached hydrogens (primary N) is 1. The molecular formula is C16H17BrN2O2. The fourth-order valence-electron chi connectivity index (χ4n) is 2.14. The number of oxime groups is 1. The van der Waals surface area contributed by atoms with Gasteiger partial charge in [-0.2, -0.15) is 0 Å². The van der Waals surface area contributed by atoms with Crippen LogP contribution in [0.15, 0.2) is 40.0 Å². The van der Waals surface area contributed by atoms with Crippen molar-refractivity contribution in [3.63, 3.8) is 0 Å². The molecule has 0 radical (unpaired) electrons. The Morgan fingerprint density at radius 1 is 1.05 bits per heavy atom. The van der Waals surface area contributed by atoms with Crippen LogP contribution in [0.1, 0.15) is 22.3 Å². The van der Waals surface area contributed by atoms with E-state index in [-0.39, 0.29) is 5.84 Å². The van der Waals surface area contributed by atoms with Gasteiger partial charge in [0.1, 0.15) is 11.5 Å². The monoisotopic (exact) mass is 348 g/mol. The molecule has 0 bridgehead atoms. The van der Waals surface area contributed by atoms with E-state index in [1.54, 1.807) is 12.1 Å². The molecule has 110 valence electrons. The van der Waals surface area contributed by atoms with Crippen molar-refractivity contribution in [2.24, 2.45) is 10.9 Å². The average molecular weight is 349 g/mol. The minimum atomic E-state index is 0.0920. The van der Waals surface area contributed by atoms with Crippen LogP contribution >= 0.6 is 15.9 Å². The minimum Gasteiger partial charge on any atom is -0.457 e. The van der Waals surface area contributed by atoms with Crippen molar-refractivity contribution < 1.29 is 9.94 Å². The molecule has 2 aromatic carbocycles. The van der Waals surface area contributed by atoms with Crippen molar-refractivity contribution in [1.29, 1.82) is 0 Å². The second-order valence-corrected chi connectivity index (χ2v) is 5.73. The van der Waals surface area contributed by atoms with Gasteiger partial charge in [-0.25, -0.2) is 0 Å². The fraction of sp³-hybridized carbons (Fsp3) is 0.188. The SMILES string of the molecule is Cc1cc(Oc2cc(C)c(Br)c(C)c2)ccc1/C(N)=N/O. The van der Waals surface area contributed by atoms with Crippen molar-refractivity contribution >= 4 is 21.8 Å². The molecule has 21 heavy (non-hydrogen) atoms. The van der Waals surface area contributed by atoms with Crippen LogP contribution in [0, 0.1) is 20.8 Å². The first-order valence-electron chi connectivity index (χ1n) is 6.45. The summed E-state index contributed by atoms with van der Waals surface area (Å²) in [5, 5.41) is 11.7. The summed E-state index contributed by atoms with van der Waals surface area (Å²) in [5.74, 6) is 1.58. The van der Waals surface area contributed by atoms with Gasteiger partial charge in [0, 0.05) is 10.0 Å². The lowest BCUT2D eigenvalue weighted by Gasteiger charge is -2.11. The Bertz CT molecular complexity index is 688. The highest BCUT2D eigenvalue weighted by Crippen LogP contribution is 2.30. The van der Waals surface area contributed by atoms with E-state index < -0.39 is 0 Å². The molecular weight excluding hydrogens is 332 g/mol.